The van der Waals surface area contributed by atoms with Crippen molar-refractivity contribution in [2.75, 3.05) is 14.2 Å². The van der Waals surface area contributed by atoms with Crippen LogP contribution >= 0.6 is 15.9 Å². The van der Waals surface area contributed by atoms with Gasteiger partial charge in [-0.15, -0.1) is 0 Å². The van der Waals surface area contributed by atoms with Crippen LogP contribution in [-0.2, 0) is 17.9 Å². The van der Waals surface area contributed by atoms with Crippen molar-refractivity contribution in [2.24, 2.45) is 0 Å². The molecule has 0 radical (unpaired) electrons. The van der Waals surface area contributed by atoms with Crippen LogP contribution in [0.15, 0.2) is 45.8 Å². The number of hydrogen-bond acceptors (Lipinski definition) is 5. The van der Waals surface area contributed by atoms with E-state index >= 15 is 0 Å². The van der Waals surface area contributed by atoms with Gasteiger partial charge >= 0.3 is 0 Å². The maximum Gasteiger partial charge on any atom is 0.286 e. The molecule has 0 N–H and O–H groups in total. The zero-order valence-electron chi connectivity index (χ0n) is 13.6. The van der Waals surface area contributed by atoms with Gasteiger partial charge in [0.1, 0.15) is 12.3 Å². The number of pyridine rings is 1. The Kier molecular flexibility index (Phi) is 5.92. The van der Waals surface area contributed by atoms with Gasteiger partial charge in [-0.3, -0.25) is 24.3 Å². The van der Waals surface area contributed by atoms with Crippen molar-refractivity contribution in [1.82, 2.24) is 9.47 Å². The molecule has 2 aromatic rings. The Balaban J connectivity index is 2.16. The summed E-state index contributed by atoms with van der Waals surface area (Å²) < 4.78 is 6.19. The highest BCUT2D eigenvalue weighted by Gasteiger charge is 2.16. The Labute approximate surface area is 151 Å². The zero-order chi connectivity index (χ0) is 18.6. The van der Waals surface area contributed by atoms with E-state index in [0.717, 1.165) is 22.4 Å². The molecule has 9 heteroatoms. The molecule has 0 fully saturated rings. The standard InChI is InChI=1S/C16H16BrN3O5/c1-18(8-11-4-3-5-13(6-11)25-2)15(21)10-19-9-12(20(23)24)7-14(17)16(19)22/h3-7,9H,8,10H2,1-2H3. The number of amides is 1. The van der Waals surface area contributed by atoms with Crippen molar-refractivity contribution in [1.29, 1.82) is 0 Å². The molecule has 1 heterocycles. The number of nitro groups is 1. The maximum atomic E-state index is 12.4. The van der Waals surface area contributed by atoms with Gasteiger partial charge in [0.05, 0.1) is 22.7 Å². The first-order chi connectivity index (χ1) is 11.8. The molecule has 0 saturated heterocycles. The number of likely N-dealkylation sites (N-methyl/N-ethyl adjacent to an activating group) is 1. The van der Waals surface area contributed by atoms with Crippen LogP contribution in [0.5, 0.6) is 5.75 Å². The number of halogens is 1. The summed E-state index contributed by atoms with van der Waals surface area (Å²) in [5, 5.41) is 10.9. The van der Waals surface area contributed by atoms with E-state index < -0.39 is 10.5 Å². The van der Waals surface area contributed by atoms with E-state index in [2.05, 4.69) is 15.9 Å². The second-order valence-electron chi connectivity index (χ2n) is 5.34. The molecule has 8 nitrogen and oxygen atoms in total. The molecule has 25 heavy (non-hydrogen) atoms. The number of nitrogens with zero attached hydrogens (tertiary/aromatic N) is 3. The number of carbonyl (C=O) groups excluding carboxylic acids is 1. The summed E-state index contributed by atoms with van der Waals surface area (Å²) in [4.78, 5) is 36.1. The predicted molar refractivity (Wildman–Crippen MR) is 94.5 cm³/mol. The number of methoxy groups -OCH3 is 1. The average molecular weight is 410 g/mol. The van der Waals surface area contributed by atoms with Gasteiger partial charge in [-0.25, -0.2) is 0 Å². The third kappa shape index (κ3) is 4.66. The first-order valence-electron chi connectivity index (χ1n) is 7.23. The Hall–Kier alpha value is -2.68. The Morgan fingerprint density at radius 3 is 2.76 bits per heavy atom. The topological polar surface area (TPSA) is 94.7 Å². The largest absolute Gasteiger partial charge is 0.497 e. The maximum absolute atomic E-state index is 12.4. The predicted octanol–water partition coefficient (Wildman–Crippen LogP) is 2.19. The molecule has 1 amide bonds. The van der Waals surface area contributed by atoms with Crippen LogP contribution in [0.3, 0.4) is 0 Å². The smallest absolute Gasteiger partial charge is 0.286 e. The van der Waals surface area contributed by atoms with E-state index in [-0.39, 0.29) is 22.6 Å². The molecule has 0 aliphatic carbocycles. The number of rotatable bonds is 6. The number of hydrogen-bond donors (Lipinski definition) is 0. The molecule has 0 aliphatic heterocycles. The van der Waals surface area contributed by atoms with Crippen LogP contribution in [0.1, 0.15) is 5.56 Å². The third-order valence-electron chi connectivity index (χ3n) is 3.52. The van der Waals surface area contributed by atoms with E-state index in [1.165, 1.54) is 4.90 Å². The van der Waals surface area contributed by atoms with Crippen molar-refractivity contribution in [3.8, 4) is 5.75 Å². The SMILES string of the molecule is COc1cccc(CN(C)C(=O)Cn2cc([N+](=O)[O-])cc(Br)c2=O)c1. The zero-order valence-corrected chi connectivity index (χ0v) is 15.2. The fourth-order valence-electron chi connectivity index (χ4n) is 2.20. The summed E-state index contributed by atoms with van der Waals surface area (Å²) in [7, 11) is 3.15. The van der Waals surface area contributed by atoms with Gasteiger partial charge in [0.15, 0.2) is 0 Å². The molecular formula is C16H16BrN3O5. The van der Waals surface area contributed by atoms with E-state index in [9.17, 15) is 19.7 Å². The minimum atomic E-state index is -0.620. The van der Waals surface area contributed by atoms with Gasteiger partial charge < -0.3 is 9.64 Å². The lowest BCUT2D eigenvalue weighted by Gasteiger charge is -2.18. The summed E-state index contributed by atoms with van der Waals surface area (Å²) in [6.45, 7) is 0.0282. The highest BCUT2D eigenvalue weighted by molar-refractivity contribution is 9.10. The van der Waals surface area contributed by atoms with Gasteiger partial charge in [-0.1, -0.05) is 12.1 Å². The van der Waals surface area contributed by atoms with Gasteiger partial charge in [-0.2, -0.15) is 0 Å². The van der Waals surface area contributed by atoms with Crippen LogP contribution in [0.4, 0.5) is 5.69 Å². The minimum Gasteiger partial charge on any atom is -0.497 e. The van der Waals surface area contributed by atoms with Crippen molar-refractivity contribution < 1.29 is 14.5 Å². The van der Waals surface area contributed by atoms with Crippen LogP contribution in [0.2, 0.25) is 0 Å². The number of benzene rings is 1. The second-order valence-corrected chi connectivity index (χ2v) is 6.19. The van der Waals surface area contributed by atoms with Gasteiger partial charge in [0, 0.05) is 19.7 Å². The molecule has 0 aliphatic rings. The van der Waals surface area contributed by atoms with Gasteiger partial charge in [0.25, 0.3) is 11.2 Å². The first-order valence-corrected chi connectivity index (χ1v) is 8.02. The van der Waals surface area contributed by atoms with Crippen LogP contribution in [-0.4, -0.2) is 34.5 Å². The summed E-state index contributed by atoms with van der Waals surface area (Å²) in [6.07, 6.45) is 1.06. The first kappa shape index (κ1) is 18.7. The van der Waals surface area contributed by atoms with Crippen molar-refractivity contribution in [3.63, 3.8) is 0 Å². The Morgan fingerprint density at radius 1 is 1.40 bits per heavy atom. The van der Waals surface area contributed by atoms with Crippen molar-refractivity contribution >= 4 is 27.5 Å². The lowest BCUT2D eigenvalue weighted by Crippen LogP contribution is -2.33. The highest BCUT2D eigenvalue weighted by Crippen LogP contribution is 2.16. The van der Waals surface area contributed by atoms with Crippen LogP contribution in [0.25, 0.3) is 0 Å². The summed E-state index contributed by atoms with van der Waals surface area (Å²) in [6, 6.07) is 8.38. The Morgan fingerprint density at radius 2 is 2.12 bits per heavy atom. The summed E-state index contributed by atoms with van der Waals surface area (Å²) in [5.41, 5.74) is 0.0891. The van der Waals surface area contributed by atoms with E-state index in [1.54, 1.807) is 26.3 Å². The van der Waals surface area contributed by atoms with Gasteiger partial charge in [0.2, 0.25) is 5.91 Å². The van der Waals surface area contributed by atoms with Gasteiger partial charge in [-0.05, 0) is 33.6 Å². The second kappa shape index (κ2) is 7.93. The molecule has 0 bridgehead atoms. The quantitative estimate of drug-likeness (QED) is 0.538. The average Bonchev–Trinajstić information content (AvgIpc) is 2.58. The van der Waals surface area contributed by atoms with E-state index in [0.29, 0.717) is 12.3 Å². The lowest BCUT2D eigenvalue weighted by molar-refractivity contribution is -0.385. The highest BCUT2D eigenvalue weighted by atomic mass is 79.9. The Bertz CT molecular complexity index is 865. The van der Waals surface area contributed by atoms with Crippen LogP contribution in [0, 0.1) is 10.1 Å². The van der Waals surface area contributed by atoms with Crippen molar-refractivity contribution in [2.45, 2.75) is 13.1 Å². The van der Waals surface area contributed by atoms with E-state index in [4.69, 9.17) is 4.74 Å². The monoisotopic (exact) mass is 409 g/mol. The molecule has 0 saturated carbocycles. The molecule has 0 unspecified atom stereocenters. The fourth-order valence-corrected chi connectivity index (χ4v) is 2.66. The fraction of sp³-hybridized carbons (Fsp3) is 0.250. The van der Waals surface area contributed by atoms with Crippen LogP contribution < -0.4 is 10.3 Å². The molecular weight excluding hydrogens is 394 g/mol. The molecule has 1 aromatic heterocycles. The van der Waals surface area contributed by atoms with Crippen molar-refractivity contribution in [3.05, 3.63) is 67.0 Å². The normalized spacial score (nSPS) is 10.4. The lowest BCUT2D eigenvalue weighted by atomic mass is 10.2. The molecule has 2 rings (SSSR count). The minimum absolute atomic E-state index is 0.0324. The number of carbonyl (C=O) groups is 1. The van der Waals surface area contributed by atoms with E-state index in [1.807, 2.05) is 12.1 Å². The summed E-state index contributed by atoms with van der Waals surface area (Å²) >= 11 is 2.99. The summed E-state index contributed by atoms with van der Waals surface area (Å²) in [5.74, 6) is 0.328. The molecule has 0 spiro atoms. The third-order valence-corrected chi connectivity index (χ3v) is 4.09. The molecule has 0 atom stereocenters. The number of aromatic nitrogens is 1. The molecule has 132 valence electrons. The molecule has 1 aromatic carbocycles. The number of ether oxygens (including phenoxy) is 1.